The van der Waals surface area contributed by atoms with Crippen LogP contribution in [0.25, 0.3) is 0 Å². The molecular weight excluding hydrogens is 511 g/mol. The van der Waals surface area contributed by atoms with Gasteiger partial charge in [-0.1, -0.05) is 19.1 Å². The van der Waals surface area contributed by atoms with Crippen molar-refractivity contribution in [2.45, 2.75) is 50.7 Å². The van der Waals surface area contributed by atoms with E-state index in [0.717, 1.165) is 4.90 Å². The van der Waals surface area contributed by atoms with E-state index in [4.69, 9.17) is 9.47 Å². The van der Waals surface area contributed by atoms with Gasteiger partial charge in [0.25, 0.3) is 5.91 Å². The number of hydrogen-bond acceptors (Lipinski definition) is 8. The second-order valence-electron chi connectivity index (χ2n) is 9.35. The first-order valence-corrected chi connectivity index (χ1v) is 12.6. The minimum Gasteiger partial charge on any atom is -0.493 e. The van der Waals surface area contributed by atoms with Crippen LogP contribution < -0.4 is 14.8 Å². The van der Waals surface area contributed by atoms with Crippen molar-refractivity contribution < 1.29 is 43.6 Å². The number of carbonyl (C=O) groups is 3. The average Bonchev–Trinajstić information content (AvgIpc) is 3.34. The summed E-state index contributed by atoms with van der Waals surface area (Å²) in [5.74, 6) is -2.82. The van der Waals surface area contributed by atoms with E-state index in [1.165, 1.54) is 44.4 Å². The highest BCUT2D eigenvalue weighted by Gasteiger charge is 2.51. The summed E-state index contributed by atoms with van der Waals surface area (Å²) in [4.78, 5) is 40.3. The molecule has 1 heterocycles. The Morgan fingerprint density at radius 3 is 2.46 bits per heavy atom. The maximum absolute atomic E-state index is 13.5. The van der Waals surface area contributed by atoms with E-state index in [2.05, 4.69) is 5.32 Å². The lowest BCUT2D eigenvalue weighted by Crippen LogP contribution is -2.56. The SMILES string of the molecule is CCC(=O)C(=O)N(Cc1ccc(F)cc1)C1C=C(C(=O)NCCO)C2c3cc(CO)cc(OC)c3OC2C1O. The number of nitrogens with one attached hydrogen (secondary N) is 1. The Balaban J connectivity index is 1.83. The highest BCUT2D eigenvalue weighted by Crippen LogP contribution is 2.51. The van der Waals surface area contributed by atoms with Crippen molar-refractivity contribution in [1.29, 1.82) is 0 Å². The summed E-state index contributed by atoms with van der Waals surface area (Å²) in [6.45, 7) is 0.739. The first-order valence-electron chi connectivity index (χ1n) is 12.6. The van der Waals surface area contributed by atoms with Crippen LogP contribution >= 0.6 is 0 Å². The molecule has 1 aliphatic carbocycles. The average molecular weight is 543 g/mol. The highest BCUT2D eigenvalue weighted by molar-refractivity contribution is 6.36. The number of benzene rings is 2. The third-order valence-corrected chi connectivity index (χ3v) is 6.94. The number of ether oxygens (including phenoxy) is 2. The zero-order chi connectivity index (χ0) is 28.3. The molecule has 4 N–H and O–H groups in total. The number of Topliss-reactive ketones (excluding diaryl/α,β-unsaturated/α-hetero) is 1. The van der Waals surface area contributed by atoms with E-state index in [-0.39, 0.29) is 44.0 Å². The minimum absolute atomic E-state index is 0.0406. The zero-order valence-electron chi connectivity index (χ0n) is 21.6. The van der Waals surface area contributed by atoms with Gasteiger partial charge in [0, 0.05) is 30.6 Å². The van der Waals surface area contributed by atoms with Gasteiger partial charge in [-0.3, -0.25) is 14.4 Å². The van der Waals surface area contributed by atoms with Gasteiger partial charge < -0.3 is 35.0 Å². The van der Waals surface area contributed by atoms with Crippen LogP contribution in [0.5, 0.6) is 11.5 Å². The van der Waals surface area contributed by atoms with Crippen molar-refractivity contribution in [3.8, 4) is 11.5 Å². The van der Waals surface area contributed by atoms with Crippen molar-refractivity contribution in [1.82, 2.24) is 10.2 Å². The molecule has 0 fully saturated rings. The lowest BCUT2D eigenvalue weighted by molar-refractivity contribution is -0.148. The van der Waals surface area contributed by atoms with Crippen molar-refractivity contribution >= 4 is 17.6 Å². The van der Waals surface area contributed by atoms with Crippen LogP contribution in [0.1, 0.15) is 36.0 Å². The first kappa shape index (κ1) is 28.2. The molecule has 2 aliphatic rings. The van der Waals surface area contributed by atoms with Crippen LogP contribution in [-0.4, -0.2) is 76.3 Å². The molecule has 0 bridgehead atoms. The number of rotatable bonds is 10. The normalized spacial score (nSPS) is 21.2. The fourth-order valence-corrected chi connectivity index (χ4v) is 5.03. The molecule has 0 saturated heterocycles. The van der Waals surface area contributed by atoms with Gasteiger partial charge in [0.1, 0.15) is 18.0 Å². The Hall–Kier alpha value is -3.80. The lowest BCUT2D eigenvalue weighted by atomic mass is 9.77. The molecule has 2 aromatic carbocycles. The molecule has 0 aromatic heterocycles. The molecule has 4 unspecified atom stereocenters. The standard InChI is InChI=1S/C28H31FN2O8/c1-3-21(34)28(37)31(13-15-4-6-17(29)7-5-15)20-12-19(27(36)30-8-9-32)23-18-10-16(14-33)11-22(38-2)25(18)39-26(23)24(20)35/h4-7,10-12,20,23-24,26,32-33,35H,3,8-9,13-14H2,1-2H3,(H,30,36). The summed E-state index contributed by atoms with van der Waals surface area (Å²) in [6.07, 6.45) is -1.08. The Bertz CT molecular complexity index is 1280. The quantitative estimate of drug-likeness (QED) is 0.325. The number of nitrogens with zero attached hydrogens (tertiary/aromatic N) is 1. The number of aliphatic hydroxyl groups excluding tert-OH is 3. The summed E-state index contributed by atoms with van der Waals surface area (Å²) in [7, 11) is 1.42. The van der Waals surface area contributed by atoms with E-state index in [1.54, 1.807) is 12.1 Å². The zero-order valence-corrected chi connectivity index (χ0v) is 21.6. The summed E-state index contributed by atoms with van der Waals surface area (Å²) in [5.41, 5.74) is 1.67. The summed E-state index contributed by atoms with van der Waals surface area (Å²) in [6, 6.07) is 7.45. The second-order valence-corrected chi connectivity index (χ2v) is 9.35. The predicted octanol–water partition coefficient (Wildman–Crippen LogP) is 0.957. The number of hydrogen-bond donors (Lipinski definition) is 4. The molecule has 2 aromatic rings. The van der Waals surface area contributed by atoms with Gasteiger partial charge >= 0.3 is 0 Å². The molecule has 1 aliphatic heterocycles. The molecule has 4 rings (SSSR count). The number of fused-ring (bicyclic) bond motifs is 3. The van der Waals surface area contributed by atoms with Gasteiger partial charge in [-0.25, -0.2) is 4.39 Å². The minimum atomic E-state index is -1.38. The van der Waals surface area contributed by atoms with Crippen molar-refractivity contribution in [3.63, 3.8) is 0 Å². The Morgan fingerprint density at radius 2 is 1.85 bits per heavy atom. The van der Waals surface area contributed by atoms with E-state index in [0.29, 0.717) is 22.4 Å². The topological polar surface area (TPSA) is 146 Å². The number of halogens is 1. The van der Waals surface area contributed by atoms with E-state index < -0.39 is 47.6 Å². The largest absolute Gasteiger partial charge is 0.493 e. The lowest BCUT2D eigenvalue weighted by Gasteiger charge is -2.40. The van der Waals surface area contributed by atoms with Crippen LogP contribution in [0.15, 0.2) is 48.0 Å². The van der Waals surface area contributed by atoms with Gasteiger partial charge in [0.15, 0.2) is 11.5 Å². The molecular formula is C28H31FN2O8. The number of ketones is 1. The van der Waals surface area contributed by atoms with Crippen molar-refractivity contribution in [3.05, 3.63) is 70.6 Å². The highest BCUT2D eigenvalue weighted by atomic mass is 19.1. The number of methoxy groups -OCH3 is 1. The molecule has 4 atom stereocenters. The molecule has 0 saturated carbocycles. The maximum atomic E-state index is 13.5. The molecule has 39 heavy (non-hydrogen) atoms. The number of carbonyl (C=O) groups excluding carboxylic acids is 3. The van der Waals surface area contributed by atoms with Gasteiger partial charge in [-0.05, 0) is 41.5 Å². The molecule has 11 heteroatoms. The Kier molecular flexibility index (Phi) is 8.63. The summed E-state index contributed by atoms with van der Waals surface area (Å²) < 4.78 is 25.1. The van der Waals surface area contributed by atoms with Gasteiger partial charge in [0.2, 0.25) is 11.7 Å². The number of amides is 2. The predicted molar refractivity (Wildman–Crippen MR) is 136 cm³/mol. The van der Waals surface area contributed by atoms with Crippen molar-refractivity contribution in [2.24, 2.45) is 0 Å². The fraction of sp³-hybridized carbons (Fsp3) is 0.393. The summed E-state index contributed by atoms with van der Waals surface area (Å²) in [5, 5.41) is 33.2. The Morgan fingerprint density at radius 1 is 1.13 bits per heavy atom. The third kappa shape index (κ3) is 5.51. The number of aliphatic hydroxyl groups is 3. The van der Waals surface area contributed by atoms with Crippen LogP contribution in [0.4, 0.5) is 4.39 Å². The molecule has 0 spiro atoms. The first-order chi connectivity index (χ1) is 18.7. The third-order valence-electron chi connectivity index (χ3n) is 6.94. The maximum Gasteiger partial charge on any atom is 0.290 e. The van der Waals surface area contributed by atoms with E-state index in [1.807, 2.05) is 0 Å². The van der Waals surface area contributed by atoms with Gasteiger partial charge in [0.05, 0.1) is 32.3 Å². The van der Waals surface area contributed by atoms with Crippen LogP contribution in [0.3, 0.4) is 0 Å². The fourth-order valence-electron chi connectivity index (χ4n) is 5.03. The van der Waals surface area contributed by atoms with Crippen LogP contribution in [0.2, 0.25) is 0 Å². The smallest absolute Gasteiger partial charge is 0.290 e. The summed E-state index contributed by atoms with van der Waals surface area (Å²) >= 11 is 0. The monoisotopic (exact) mass is 542 g/mol. The van der Waals surface area contributed by atoms with Gasteiger partial charge in [-0.15, -0.1) is 0 Å². The molecule has 0 radical (unpaired) electrons. The molecule has 10 nitrogen and oxygen atoms in total. The van der Waals surface area contributed by atoms with Gasteiger partial charge in [-0.2, -0.15) is 0 Å². The molecule has 2 amide bonds. The van der Waals surface area contributed by atoms with Crippen LogP contribution in [-0.2, 0) is 27.5 Å². The molecule has 208 valence electrons. The van der Waals surface area contributed by atoms with E-state index in [9.17, 15) is 34.1 Å². The second kappa shape index (κ2) is 11.9. The Labute approximate surface area is 224 Å². The van der Waals surface area contributed by atoms with E-state index >= 15 is 0 Å². The van der Waals surface area contributed by atoms with Crippen molar-refractivity contribution in [2.75, 3.05) is 20.3 Å². The van der Waals surface area contributed by atoms with Crippen LogP contribution in [0, 0.1) is 5.82 Å².